The Morgan fingerprint density at radius 3 is 2.86 bits per heavy atom. The van der Waals surface area contributed by atoms with Crippen molar-refractivity contribution in [2.24, 2.45) is 4.99 Å². The molecule has 0 saturated carbocycles. The second kappa shape index (κ2) is 2.80. The van der Waals surface area contributed by atoms with Gasteiger partial charge in [-0.3, -0.25) is 10.1 Å². The van der Waals surface area contributed by atoms with E-state index in [1.54, 1.807) is 6.20 Å². The number of rotatable bonds is 1. The number of aliphatic imine (C=N–C) groups is 1. The second-order valence-electron chi connectivity index (χ2n) is 3.33. The van der Waals surface area contributed by atoms with Gasteiger partial charge in [-0.25, -0.2) is 0 Å². The third-order valence-electron chi connectivity index (χ3n) is 2.42. The Morgan fingerprint density at radius 2 is 2.07 bits per heavy atom. The fourth-order valence-corrected chi connectivity index (χ4v) is 1.71. The van der Waals surface area contributed by atoms with Gasteiger partial charge in [-0.05, 0) is 17.7 Å². The summed E-state index contributed by atoms with van der Waals surface area (Å²) in [5.74, 6) is 0. The summed E-state index contributed by atoms with van der Waals surface area (Å²) in [6.07, 6.45) is 2.65. The highest BCUT2D eigenvalue weighted by Gasteiger charge is 2.15. The molecular weight excluding hydrogens is 174 g/mol. The van der Waals surface area contributed by atoms with Gasteiger partial charge in [-0.1, -0.05) is 18.2 Å². The lowest BCUT2D eigenvalue weighted by Crippen LogP contribution is -2.00. The zero-order chi connectivity index (χ0) is 9.38. The fourth-order valence-electron chi connectivity index (χ4n) is 1.71. The topological polar surface area (TPSA) is 41.0 Å². The van der Waals surface area contributed by atoms with Crippen LogP contribution >= 0.6 is 0 Å². The minimum Gasteiger partial charge on any atom is -0.277 e. The van der Waals surface area contributed by atoms with Gasteiger partial charge < -0.3 is 0 Å². The SMILES string of the molecule is c1ccc2c(c1)CC(c1ccn[nH]1)=N2. The van der Waals surface area contributed by atoms with Crippen LogP contribution < -0.4 is 0 Å². The van der Waals surface area contributed by atoms with Gasteiger partial charge >= 0.3 is 0 Å². The Bertz CT molecular complexity index is 483. The summed E-state index contributed by atoms with van der Waals surface area (Å²) in [6, 6.07) is 10.2. The summed E-state index contributed by atoms with van der Waals surface area (Å²) >= 11 is 0. The number of H-pyrrole nitrogens is 1. The van der Waals surface area contributed by atoms with Crippen LogP contribution in [-0.2, 0) is 6.42 Å². The van der Waals surface area contributed by atoms with Gasteiger partial charge in [-0.15, -0.1) is 0 Å². The summed E-state index contributed by atoms with van der Waals surface area (Å²) in [4.78, 5) is 4.54. The Morgan fingerprint density at radius 1 is 1.14 bits per heavy atom. The van der Waals surface area contributed by atoms with E-state index in [-0.39, 0.29) is 0 Å². The van der Waals surface area contributed by atoms with Crippen LogP contribution in [0.4, 0.5) is 5.69 Å². The molecule has 1 aromatic heterocycles. The molecule has 0 unspecified atom stereocenters. The molecule has 0 saturated heterocycles. The first-order valence-corrected chi connectivity index (χ1v) is 4.59. The molecule has 3 heteroatoms. The number of hydrogen-bond donors (Lipinski definition) is 1. The largest absolute Gasteiger partial charge is 0.277 e. The van der Waals surface area contributed by atoms with E-state index in [9.17, 15) is 0 Å². The molecule has 68 valence electrons. The van der Waals surface area contributed by atoms with Crippen LogP contribution in [0.5, 0.6) is 0 Å². The van der Waals surface area contributed by atoms with Gasteiger partial charge in [0.15, 0.2) is 0 Å². The number of para-hydroxylation sites is 1. The summed E-state index contributed by atoms with van der Waals surface area (Å²) in [6.45, 7) is 0. The van der Waals surface area contributed by atoms with Gasteiger partial charge in [-0.2, -0.15) is 5.10 Å². The third-order valence-corrected chi connectivity index (χ3v) is 2.42. The van der Waals surface area contributed by atoms with Gasteiger partial charge in [0.1, 0.15) is 0 Å². The Hall–Kier alpha value is -1.90. The molecule has 0 fully saturated rings. The third kappa shape index (κ3) is 1.06. The van der Waals surface area contributed by atoms with E-state index in [2.05, 4.69) is 21.3 Å². The molecule has 1 aromatic carbocycles. The number of benzene rings is 1. The van der Waals surface area contributed by atoms with Crippen molar-refractivity contribution < 1.29 is 0 Å². The molecular formula is C11H9N3. The molecule has 3 rings (SSSR count). The van der Waals surface area contributed by atoms with Crippen molar-refractivity contribution >= 4 is 11.4 Å². The van der Waals surface area contributed by atoms with Crippen LogP contribution in [0, 0.1) is 0 Å². The molecule has 1 aliphatic heterocycles. The van der Waals surface area contributed by atoms with E-state index in [1.807, 2.05) is 24.3 Å². The van der Waals surface area contributed by atoms with Gasteiger partial charge in [0.2, 0.25) is 0 Å². The maximum Gasteiger partial charge on any atom is 0.0796 e. The van der Waals surface area contributed by atoms with Crippen LogP contribution in [0.1, 0.15) is 11.3 Å². The van der Waals surface area contributed by atoms with Crippen LogP contribution in [0.2, 0.25) is 0 Å². The highest BCUT2D eigenvalue weighted by molar-refractivity contribution is 6.05. The average Bonchev–Trinajstić information content (AvgIpc) is 2.86. The number of hydrogen-bond acceptors (Lipinski definition) is 2. The summed E-state index contributed by atoms with van der Waals surface area (Å²) in [7, 11) is 0. The Labute approximate surface area is 81.5 Å². The molecule has 3 nitrogen and oxygen atoms in total. The molecule has 0 bridgehead atoms. The molecule has 0 radical (unpaired) electrons. The van der Waals surface area contributed by atoms with E-state index in [0.717, 1.165) is 23.5 Å². The first-order valence-electron chi connectivity index (χ1n) is 4.59. The van der Waals surface area contributed by atoms with Crippen molar-refractivity contribution in [2.75, 3.05) is 0 Å². The molecule has 0 spiro atoms. The summed E-state index contributed by atoms with van der Waals surface area (Å²) in [5, 5.41) is 6.86. The number of nitrogens with one attached hydrogen (secondary N) is 1. The van der Waals surface area contributed by atoms with E-state index < -0.39 is 0 Å². The van der Waals surface area contributed by atoms with Crippen LogP contribution in [0.25, 0.3) is 0 Å². The highest BCUT2D eigenvalue weighted by Crippen LogP contribution is 2.27. The zero-order valence-electron chi connectivity index (χ0n) is 7.57. The molecule has 0 aliphatic carbocycles. The average molecular weight is 183 g/mol. The second-order valence-corrected chi connectivity index (χ2v) is 3.33. The lowest BCUT2D eigenvalue weighted by Gasteiger charge is -1.93. The number of aromatic amines is 1. The monoisotopic (exact) mass is 183 g/mol. The van der Waals surface area contributed by atoms with Crippen molar-refractivity contribution in [1.82, 2.24) is 10.2 Å². The highest BCUT2D eigenvalue weighted by atomic mass is 15.1. The van der Waals surface area contributed by atoms with E-state index in [1.165, 1.54) is 5.56 Å². The van der Waals surface area contributed by atoms with Gasteiger partial charge in [0, 0.05) is 12.6 Å². The van der Waals surface area contributed by atoms with Crippen molar-refractivity contribution in [2.45, 2.75) is 6.42 Å². The Balaban J connectivity index is 2.04. The Kier molecular flexibility index (Phi) is 1.50. The van der Waals surface area contributed by atoms with E-state index >= 15 is 0 Å². The first-order chi connectivity index (χ1) is 6.93. The standard InChI is InChI=1S/C11H9N3/c1-2-4-9-8(3-1)7-11(13-9)10-5-6-12-14-10/h1-6H,7H2,(H,12,14). The van der Waals surface area contributed by atoms with Crippen molar-refractivity contribution in [3.63, 3.8) is 0 Å². The number of aromatic nitrogens is 2. The van der Waals surface area contributed by atoms with Crippen LogP contribution in [0.3, 0.4) is 0 Å². The van der Waals surface area contributed by atoms with Gasteiger partial charge in [0.05, 0.1) is 17.1 Å². The summed E-state index contributed by atoms with van der Waals surface area (Å²) in [5.41, 5.74) is 4.46. The minimum atomic E-state index is 0.901. The van der Waals surface area contributed by atoms with Gasteiger partial charge in [0.25, 0.3) is 0 Å². The van der Waals surface area contributed by atoms with Crippen molar-refractivity contribution in [3.8, 4) is 0 Å². The van der Waals surface area contributed by atoms with Crippen LogP contribution in [0.15, 0.2) is 41.5 Å². The smallest absolute Gasteiger partial charge is 0.0796 e. The minimum absolute atomic E-state index is 0.901. The van der Waals surface area contributed by atoms with Crippen LogP contribution in [-0.4, -0.2) is 15.9 Å². The normalized spacial score (nSPS) is 13.9. The van der Waals surface area contributed by atoms with E-state index in [4.69, 9.17) is 0 Å². The molecule has 1 N–H and O–H groups in total. The predicted molar refractivity (Wildman–Crippen MR) is 54.9 cm³/mol. The molecule has 2 aromatic rings. The maximum atomic E-state index is 4.54. The molecule has 14 heavy (non-hydrogen) atoms. The fraction of sp³-hybridized carbons (Fsp3) is 0.0909. The maximum absolute atomic E-state index is 4.54. The lowest BCUT2D eigenvalue weighted by atomic mass is 10.1. The number of nitrogens with zero attached hydrogens (tertiary/aromatic N) is 2. The molecule has 0 atom stereocenters. The quantitative estimate of drug-likeness (QED) is 0.722. The van der Waals surface area contributed by atoms with Crippen molar-refractivity contribution in [1.29, 1.82) is 0 Å². The summed E-state index contributed by atoms with van der Waals surface area (Å²) < 4.78 is 0. The number of fused-ring (bicyclic) bond motifs is 1. The first kappa shape index (κ1) is 7.50. The van der Waals surface area contributed by atoms with E-state index in [0.29, 0.717) is 0 Å². The molecule has 1 aliphatic rings. The molecule has 2 heterocycles. The predicted octanol–water partition coefficient (Wildman–Crippen LogP) is 2.09. The lowest BCUT2D eigenvalue weighted by molar-refractivity contribution is 1.07. The molecule has 0 amide bonds. The van der Waals surface area contributed by atoms with Crippen molar-refractivity contribution in [3.05, 3.63) is 47.8 Å². The zero-order valence-corrected chi connectivity index (χ0v) is 7.57.